The molecule has 48 heavy (non-hydrogen) atoms. The molecule has 11 N–H and O–H groups in total. The second kappa shape index (κ2) is 13.3. The van der Waals surface area contributed by atoms with E-state index in [2.05, 4.69) is 4.86 Å². The molecule has 0 aromatic heterocycles. The predicted molar refractivity (Wildman–Crippen MR) is 194 cm³/mol. The zero-order valence-electron chi connectivity index (χ0n) is 25.7. The van der Waals surface area contributed by atoms with Gasteiger partial charge in [0, 0.05) is 0 Å². The van der Waals surface area contributed by atoms with Crippen molar-refractivity contribution in [1.29, 1.82) is 0 Å². The number of nitrogens with one attached hydrogen (secondary N) is 1. The summed E-state index contributed by atoms with van der Waals surface area (Å²) in [5, 5.41) is 0. The molecule has 5 aromatic carbocycles. The van der Waals surface area contributed by atoms with Crippen molar-refractivity contribution in [3.05, 3.63) is 121 Å². The average molecular weight is 709 g/mol. The Morgan fingerprint density at radius 1 is 0.542 bits per heavy atom. The van der Waals surface area contributed by atoms with Gasteiger partial charge < -0.3 is 0 Å². The summed E-state index contributed by atoms with van der Waals surface area (Å²) in [6.07, 6.45) is 0. The molecule has 0 saturated heterocycles. The summed E-state index contributed by atoms with van der Waals surface area (Å²) < 4.78 is 40.0. The minimum absolute atomic E-state index is 0.311. The van der Waals surface area contributed by atoms with Gasteiger partial charge in [-0.1, -0.05) is 0 Å². The Kier molecular flexibility index (Phi) is 9.13. The number of nitrogen functional groups attached to an aromatic ring is 5. The average Bonchev–Trinajstić information content (AvgIpc) is 3.08. The summed E-state index contributed by atoms with van der Waals surface area (Å²) in [5.74, 6) is 1.68. The Morgan fingerprint density at radius 3 is 1.23 bits per heavy atom. The van der Waals surface area contributed by atoms with E-state index in [1.807, 2.05) is 0 Å². The third-order valence-electron chi connectivity index (χ3n) is 6.82. The fourth-order valence-electron chi connectivity index (χ4n) is 4.40. The van der Waals surface area contributed by atoms with Gasteiger partial charge in [0.05, 0.1) is 0 Å². The van der Waals surface area contributed by atoms with E-state index in [1.165, 1.54) is 11.7 Å². The van der Waals surface area contributed by atoms with Gasteiger partial charge in [-0.05, 0) is 0 Å². The molecule has 14 nitrogen and oxygen atoms in total. The van der Waals surface area contributed by atoms with E-state index < -0.39 is 24.1 Å². The van der Waals surface area contributed by atoms with Crippen molar-refractivity contribution in [2.24, 2.45) is 4.52 Å². The zero-order chi connectivity index (χ0) is 33.8. The van der Waals surface area contributed by atoms with Gasteiger partial charge in [0.1, 0.15) is 0 Å². The van der Waals surface area contributed by atoms with Gasteiger partial charge in [-0.15, -0.1) is 0 Å². The van der Waals surface area contributed by atoms with E-state index in [1.54, 1.807) is 121 Å². The molecule has 17 heteroatoms. The summed E-state index contributed by atoms with van der Waals surface area (Å²) in [5.41, 5.74) is 32.7. The molecule has 6 rings (SSSR count). The zero-order valence-corrected chi connectivity index (χ0v) is 28.5. The van der Waals surface area contributed by atoms with Gasteiger partial charge in [0.15, 0.2) is 0 Å². The predicted octanol–water partition coefficient (Wildman–Crippen LogP) is 7.34. The van der Waals surface area contributed by atoms with E-state index in [4.69, 9.17) is 60.6 Å². The number of hydrogen-bond donors (Lipinski definition) is 6. The Labute approximate surface area is 279 Å². The molecular weight excluding hydrogens is 673 g/mol. The second-order valence-corrected chi connectivity index (χ2v) is 17.1. The van der Waals surface area contributed by atoms with Crippen LogP contribution in [0.1, 0.15) is 0 Å². The van der Waals surface area contributed by atoms with Crippen molar-refractivity contribution in [3.8, 4) is 28.7 Å². The molecule has 0 saturated carbocycles. The summed E-state index contributed by atoms with van der Waals surface area (Å²) in [6.45, 7) is 0. The minimum atomic E-state index is -5.13. The van der Waals surface area contributed by atoms with Crippen molar-refractivity contribution in [1.82, 2.24) is 9.46 Å². The molecule has 0 aliphatic carbocycles. The van der Waals surface area contributed by atoms with Crippen LogP contribution in [0.15, 0.2) is 126 Å². The van der Waals surface area contributed by atoms with Crippen molar-refractivity contribution >= 4 is 52.6 Å². The van der Waals surface area contributed by atoms with Gasteiger partial charge in [-0.25, -0.2) is 0 Å². The standard InChI is InChI=1S/C31H35N8O6P3/c1-40-48(44-30-18-8-25(35)9-19-30,45-31-20-10-26(36)11-21-31)38-46-37-47(42-28-14-4-23(33)5-15-28,43-29-16-6-24(34)7-17-29)39(48)41-27-12-2-22(32)3-13-27/h2-21,38,46H,32-36H2,1H3. The van der Waals surface area contributed by atoms with Crippen LogP contribution >= 0.6 is 24.1 Å². The van der Waals surface area contributed by atoms with E-state index in [0.29, 0.717) is 57.2 Å². The van der Waals surface area contributed by atoms with Crippen LogP contribution in [-0.2, 0) is 4.52 Å². The SMILES string of the molecule is COP1(Oc2ccc(N)cc2)(Oc2ccc(N)cc2)NPN=P(Oc2ccc(N)cc2)(Oc2ccc(N)cc2)N1Oc1ccc(N)cc1. The van der Waals surface area contributed by atoms with Crippen LogP contribution in [0.3, 0.4) is 0 Å². The summed E-state index contributed by atoms with van der Waals surface area (Å²) in [7, 11) is -8.10. The maximum atomic E-state index is 6.89. The number of hydrogen-bond acceptors (Lipinski definition) is 14. The fourth-order valence-corrected chi connectivity index (χ4v) is 13.7. The van der Waals surface area contributed by atoms with Gasteiger partial charge in [-0.2, -0.15) is 0 Å². The topological polar surface area (TPSA) is 213 Å². The Bertz CT molecular complexity index is 1820. The van der Waals surface area contributed by atoms with Crippen molar-refractivity contribution < 1.29 is 27.5 Å². The molecule has 5 aromatic rings. The number of nitrogens with two attached hydrogens (primary N) is 5. The molecule has 0 fully saturated rings. The van der Waals surface area contributed by atoms with Crippen LogP contribution in [0.5, 0.6) is 28.7 Å². The molecular formula is C31H35N8O6P3. The van der Waals surface area contributed by atoms with Crippen molar-refractivity contribution in [2.75, 3.05) is 35.8 Å². The number of anilines is 5. The van der Waals surface area contributed by atoms with Crippen LogP contribution < -0.4 is 56.5 Å². The molecule has 0 amide bonds. The van der Waals surface area contributed by atoms with Crippen molar-refractivity contribution in [2.45, 2.75) is 0 Å². The van der Waals surface area contributed by atoms with E-state index in [0.717, 1.165) is 0 Å². The van der Waals surface area contributed by atoms with Crippen molar-refractivity contribution in [3.63, 3.8) is 0 Å². The fraction of sp³-hybridized carbons (Fsp3) is 0.0323. The molecule has 1 unspecified atom stereocenters. The maximum absolute atomic E-state index is 6.89. The number of rotatable bonds is 11. The molecule has 250 valence electrons. The van der Waals surface area contributed by atoms with Crippen LogP contribution in [0, 0.1) is 0 Å². The number of nitrogens with zero attached hydrogens (tertiary/aromatic N) is 2. The van der Waals surface area contributed by atoms with E-state index in [-0.39, 0.29) is 0 Å². The second-order valence-electron chi connectivity index (χ2n) is 10.4. The normalized spacial score (nSPS) is 17.6. The molecule has 1 atom stereocenters. The monoisotopic (exact) mass is 708 g/mol. The van der Waals surface area contributed by atoms with Gasteiger partial charge in [-0.3, -0.25) is 0 Å². The molecule has 0 bridgehead atoms. The van der Waals surface area contributed by atoms with Crippen LogP contribution in [-0.4, -0.2) is 11.7 Å². The van der Waals surface area contributed by atoms with E-state index >= 15 is 0 Å². The van der Waals surface area contributed by atoms with E-state index in [9.17, 15) is 0 Å². The first kappa shape index (κ1) is 33.0. The van der Waals surface area contributed by atoms with Crippen LogP contribution in [0.25, 0.3) is 0 Å². The van der Waals surface area contributed by atoms with Gasteiger partial charge >= 0.3 is 280 Å². The quantitative estimate of drug-likeness (QED) is 0.0586. The summed E-state index contributed by atoms with van der Waals surface area (Å²) in [4.78, 5) is 10.0. The molecule has 1 heterocycles. The third-order valence-corrected chi connectivity index (χ3v) is 15.5. The molecule has 1 aliphatic heterocycles. The summed E-state index contributed by atoms with van der Waals surface area (Å²) >= 11 is 0. The first-order chi connectivity index (χ1) is 23.1. The molecule has 0 spiro atoms. The first-order valence-electron chi connectivity index (χ1n) is 14.4. The Morgan fingerprint density at radius 2 is 0.875 bits per heavy atom. The first-order valence-corrected chi connectivity index (χ1v) is 18.8. The third kappa shape index (κ3) is 6.86. The van der Waals surface area contributed by atoms with Crippen LogP contribution in [0.4, 0.5) is 28.4 Å². The van der Waals surface area contributed by atoms with Gasteiger partial charge in [0.2, 0.25) is 0 Å². The van der Waals surface area contributed by atoms with Crippen LogP contribution in [0.2, 0.25) is 0 Å². The molecule has 1 aliphatic rings. The number of benzene rings is 5. The molecule has 0 radical (unpaired) electrons. The van der Waals surface area contributed by atoms with Gasteiger partial charge in [0.25, 0.3) is 0 Å². The Hall–Kier alpha value is -4.93. The summed E-state index contributed by atoms with van der Waals surface area (Å²) in [6, 6.07) is 33.6. The Balaban J connectivity index is 1.63.